The Hall–Kier alpha value is -2.08. The van der Waals surface area contributed by atoms with Gasteiger partial charge in [0.1, 0.15) is 0 Å². The summed E-state index contributed by atoms with van der Waals surface area (Å²) in [7, 11) is 0. The van der Waals surface area contributed by atoms with Crippen molar-refractivity contribution in [3.8, 4) is 0 Å². The van der Waals surface area contributed by atoms with Gasteiger partial charge in [-0.25, -0.2) is 0 Å². The molecule has 1 aromatic carbocycles. The molecular weight excluding hydrogens is 316 g/mol. The molecule has 0 saturated carbocycles. The molecule has 134 valence electrons. The quantitative estimate of drug-likeness (QED) is 0.878. The van der Waals surface area contributed by atoms with Crippen molar-refractivity contribution in [2.45, 2.75) is 31.3 Å². The molecule has 3 aliphatic rings. The zero-order chi connectivity index (χ0) is 17.2. The summed E-state index contributed by atoms with van der Waals surface area (Å²) < 4.78 is 0. The first-order chi connectivity index (χ1) is 12.2. The topological polar surface area (TPSA) is 55.9 Å². The van der Waals surface area contributed by atoms with Crippen molar-refractivity contribution in [3.05, 3.63) is 30.3 Å². The van der Waals surface area contributed by atoms with Crippen molar-refractivity contribution in [2.24, 2.45) is 0 Å². The maximum Gasteiger partial charge on any atom is 0.236 e. The molecule has 3 saturated heterocycles. The number of nitrogens with one attached hydrogen (secondary N) is 1. The molecule has 1 aromatic rings. The Bertz CT molecular complexity index is 628. The van der Waals surface area contributed by atoms with Crippen LogP contribution < -0.4 is 10.2 Å². The Labute approximate surface area is 148 Å². The predicted octanol–water partition coefficient (Wildman–Crippen LogP) is 0.688. The number of nitrogens with zero attached hydrogens (tertiary/aromatic N) is 3. The number of para-hydroxylation sites is 1. The number of piperazine rings is 1. The molecule has 6 heteroatoms. The molecule has 0 aliphatic carbocycles. The summed E-state index contributed by atoms with van der Waals surface area (Å²) in [4.78, 5) is 31.1. The van der Waals surface area contributed by atoms with E-state index in [1.807, 2.05) is 11.0 Å². The van der Waals surface area contributed by atoms with Crippen LogP contribution in [0.25, 0.3) is 0 Å². The fraction of sp³-hybridized carbons (Fsp3) is 0.579. The lowest BCUT2D eigenvalue weighted by atomic mass is 10.1. The standard InChI is InChI=1S/C19H26N4O2/c24-18-12-16-6-7-17(13-20-18)23(16)14-19(25)22-10-8-21(9-11-22)15-4-2-1-3-5-15/h1-5,16-17H,6-14H2,(H,20,24). The van der Waals surface area contributed by atoms with Crippen molar-refractivity contribution in [2.75, 3.05) is 44.2 Å². The van der Waals surface area contributed by atoms with Crippen LogP contribution in [0, 0.1) is 0 Å². The van der Waals surface area contributed by atoms with E-state index in [2.05, 4.69) is 39.4 Å². The highest BCUT2D eigenvalue weighted by atomic mass is 16.2. The summed E-state index contributed by atoms with van der Waals surface area (Å²) in [5, 5.41) is 2.97. The first-order valence-electron chi connectivity index (χ1n) is 9.31. The second kappa shape index (κ2) is 7.04. The second-order valence-electron chi connectivity index (χ2n) is 7.27. The SMILES string of the molecule is O=C1CC2CCC(CN1)N2CC(=O)N1CCN(c2ccccc2)CC1. The molecule has 0 radical (unpaired) electrons. The number of anilines is 1. The highest BCUT2D eigenvalue weighted by Crippen LogP contribution is 2.28. The summed E-state index contributed by atoms with van der Waals surface area (Å²) in [6.45, 7) is 4.44. The number of hydrogen-bond donors (Lipinski definition) is 1. The van der Waals surface area contributed by atoms with Gasteiger partial charge >= 0.3 is 0 Å². The largest absolute Gasteiger partial charge is 0.368 e. The minimum atomic E-state index is 0.126. The van der Waals surface area contributed by atoms with Crippen LogP contribution >= 0.6 is 0 Å². The van der Waals surface area contributed by atoms with Gasteiger partial charge < -0.3 is 15.1 Å². The highest BCUT2D eigenvalue weighted by Gasteiger charge is 2.39. The van der Waals surface area contributed by atoms with Crippen molar-refractivity contribution in [1.82, 2.24) is 15.1 Å². The molecule has 2 amide bonds. The average Bonchev–Trinajstić information content (AvgIpc) is 2.93. The molecule has 1 N–H and O–H groups in total. The zero-order valence-corrected chi connectivity index (χ0v) is 14.6. The zero-order valence-electron chi connectivity index (χ0n) is 14.6. The number of amides is 2. The van der Waals surface area contributed by atoms with Crippen LogP contribution in [0.3, 0.4) is 0 Å². The monoisotopic (exact) mass is 342 g/mol. The highest BCUT2D eigenvalue weighted by molar-refractivity contribution is 5.80. The van der Waals surface area contributed by atoms with Crippen LogP contribution in [-0.2, 0) is 9.59 Å². The number of carbonyl (C=O) groups excluding carboxylic acids is 2. The van der Waals surface area contributed by atoms with Gasteiger partial charge in [0.15, 0.2) is 0 Å². The molecule has 2 bridgehead atoms. The van der Waals surface area contributed by atoms with Crippen molar-refractivity contribution < 1.29 is 9.59 Å². The van der Waals surface area contributed by atoms with Crippen LogP contribution in [0.1, 0.15) is 19.3 Å². The lowest BCUT2D eigenvalue weighted by Gasteiger charge is -2.37. The molecule has 3 fully saturated rings. The third kappa shape index (κ3) is 3.49. The van der Waals surface area contributed by atoms with E-state index in [1.54, 1.807) is 0 Å². The van der Waals surface area contributed by atoms with E-state index < -0.39 is 0 Å². The molecule has 25 heavy (non-hydrogen) atoms. The van der Waals surface area contributed by atoms with Gasteiger partial charge in [-0.05, 0) is 25.0 Å². The third-order valence-corrected chi connectivity index (χ3v) is 5.80. The van der Waals surface area contributed by atoms with E-state index in [9.17, 15) is 9.59 Å². The second-order valence-corrected chi connectivity index (χ2v) is 7.27. The van der Waals surface area contributed by atoms with Gasteiger partial charge in [-0.2, -0.15) is 0 Å². The van der Waals surface area contributed by atoms with E-state index in [4.69, 9.17) is 0 Å². The Morgan fingerprint density at radius 1 is 1.04 bits per heavy atom. The van der Waals surface area contributed by atoms with Crippen molar-refractivity contribution >= 4 is 17.5 Å². The first kappa shape index (κ1) is 16.4. The van der Waals surface area contributed by atoms with Crippen LogP contribution in [-0.4, -0.2) is 73.0 Å². The third-order valence-electron chi connectivity index (χ3n) is 5.80. The molecule has 2 atom stereocenters. The minimum Gasteiger partial charge on any atom is -0.368 e. The maximum absolute atomic E-state index is 12.8. The van der Waals surface area contributed by atoms with Gasteiger partial charge in [0.25, 0.3) is 0 Å². The summed E-state index contributed by atoms with van der Waals surface area (Å²) in [5.41, 5.74) is 1.23. The van der Waals surface area contributed by atoms with Crippen LogP contribution in [0.5, 0.6) is 0 Å². The lowest BCUT2D eigenvalue weighted by molar-refractivity contribution is -0.133. The van der Waals surface area contributed by atoms with Crippen LogP contribution in [0.2, 0.25) is 0 Å². The molecule has 0 aromatic heterocycles. The fourth-order valence-electron chi connectivity index (χ4n) is 4.34. The fourth-order valence-corrected chi connectivity index (χ4v) is 4.34. The predicted molar refractivity (Wildman–Crippen MR) is 96.4 cm³/mol. The normalized spacial score (nSPS) is 27.1. The molecule has 4 rings (SSSR count). The average molecular weight is 342 g/mol. The van der Waals surface area contributed by atoms with Gasteiger partial charge in [-0.1, -0.05) is 18.2 Å². The number of carbonyl (C=O) groups is 2. The van der Waals surface area contributed by atoms with Gasteiger partial charge in [0.05, 0.1) is 6.54 Å². The first-order valence-corrected chi connectivity index (χ1v) is 9.31. The Kier molecular flexibility index (Phi) is 4.61. The lowest BCUT2D eigenvalue weighted by Crippen LogP contribution is -2.52. The van der Waals surface area contributed by atoms with Gasteiger partial charge in [0, 0.05) is 56.9 Å². The van der Waals surface area contributed by atoms with Gasteiger partial charge in [0.2, 0.25) is 11.8 Å². The Morgan fingerprint density at radius 2 is 1.76 bits per heavy atom. The van der Waals surface area contributed by atoms with Gasteiger partial charge in [-0.3, -0.25) is 14.5 Å². The van der Waals surface area contributed by atoms with E-state index in [0.29, 0.717) is 25.6 Å². The number of fused-ring (bicyclic) bond motifs is 2. The smallest absolute Gasteiger partial charge is 0.236 e. The minimum absolute atomic E-state index is 0.126. The summed E-state index contributed by atoms with van der Waals surface area (Å²) in [5.74, 6) is 0.333. The van der Waals surface area contributed by atoms with Crippen molar-refractivity contribution in [1.29, 1.82) is 0 Å². The Balaban J connectivity index is 1.33. The van der Waals surface area contributed by atoms with E-state index >= 15 is 0 Å². The summed E-state index contributed by atoms with van der Waals surface area (Å²) in [6.07, 6.45) is 2.65. The molecule has 2 unspecified atom stereocenters. The summed E-state index contributed by atoms with van der Waals surface area (Å²) in [6, 6.07) is 10.9. The number of hydrogen-bond acceptors (Lipinski definition) is 4. The van der Waals surface area contributed by atoms with Crippen molar-refractivity contribution in [3.63, 3.8) is 0 Å². The molecule has 0 spiro atoms. The van der Waals surface area contributed by atoms with E-state index in [-0.39, 0.29) is 17.9 Å². The van der Waals surface area contributed by atoms with Crippen LogP contribution in [0.15, 0.2) is 30.3 Å². The van der Waals surface area contributed by atoms with E-state index in [0.717, 1.165) is 39.0 Å². The molecule has 3 heterocycles. The maximum atomic E-state index is 12.8. The van der Waals surface area contributed by atoms with E-state index in [1.165, 1.54) is 5.69 Å². The summed E-state index contributed by atoms with van der Waals surface area (Å²) >= 11 is 0. The number of benzene rings is 1. The molecular formula is C19H26N4O2. The van der Waals surface area contributed by atoms with Crippen LogP contribution in [0.4, 0.5) is 5.69 Å². The number of rotatable bonds is 3. The molecule has 6 nitrogen and oxygen atoms in total. The Morgan fingerprint density at radius 3 is 2.52 bits per heavy atom. The van der Waals surface area contributed by atoms with Gasteiger partial charge in [-0.15, -0.1) is 0 Å². The molecule has 3 aliphatic heterocycles.